The highest BCUT2D eigenvalue weighted by atomic mass is 32.2. The largest absolute Gasteiger partial charge is 0.486 e. The van der Waals surface area contributed by atoms with Crippen molar-refractivity contribution < 1.29 is 22.3 Å². The molecule has 0 aliphatic carbocycles. The number of amides is 1. The molecule has 0 saturated carbocycles. The summed E-state index contributed by atoms with van der Waals surface area (Å²) in [6.45, 7) is 6.35. The van der Waals surface area contributed by atoms with E-state index in [2.05, 4.69) is 15.4 Å². The maximum absolute atomic E-state index is 14.3. The van der Waals surface area contributed by atoms with Gasteiger partial charge in [-0.3, -0.25) is 10.2 Å². The average Bonchev–Trinajstić information content (AvgIpc) is 3.14. The standard InChI is InChI=1S/C23H27FN4O4S/c1-5-33(30,31)22-21(16-12-15(24)10-11-19(16)32-23(22,3)4)28(27-14(2)29)13-20-25-17-8-6-7-9-18(17)26-20/h6-12,21-22H,5,13H2,1-4H3,(H,25,26)(H,27,29). The van der Waals surface area contributed by atoms with Crippen molar-refractivity contribution >= 4 is 26.8 Å². The van der Waals surface area contributed by atoms with E-state index >= 15 is 0 Å². The minimum Gasteiger partial charge on any atom is -0.486 e. The topological polar surface area (TPSA) is 104 Å². The minimum atomic E-state index is -3.70. The second kappa shape index (κ2) is 8.42. The highest BCUT2D eigenvalue weighted by Crippen LogP contribution is 2.46. The Morgan fingerprint density at radius 3 is 2.67 bits per heavy atom. The number of imidazole rings is 1. The molecule has 2 aromatic carbocycles. The number of para-hydroxylation sites is 2. The van der Waals surface area contributed by atoms with E-state index in [-0.39, 0.29) is 18.2 Å². The molecule has 2 unspecified atom stereocenters. The number of carbonyl (C=O) groups is 1. The number of nitrogens with one attached hydrogen (secondary N) is 2. The van der Waals surface area contributed by atoms with Crippen LogP contribution in [0.4, 0.5) is 4.39 Å². The first-order valence-electron chi connectivity index (χ1n) is 10.7. The number of halogens is 1. The van der Waals surface area contributed by atoms with Crippen LogP contribution in [-0.4, -0.2) is 45.9 Å². The van der Waals surface area contributed by atoms with E-state index in [9.17, 15) is 17.6 Å². The first-order valence-corrected chi connectivity index (χ1v) is 12.4. The number of carbonyl (C=O) groups excluding carboxylic acids is 1. The quantitative estimate of drug-likeness (QED) is 0.532. The van der Waals surface area contributed by atoms with Gasteiger partial charge >= 0.3 is 0 Å². The van der Waals surface area contributed by atoms with Gasteiger partial charge in [-0.1, -0.05) is 19.1 Å². The van der Waals surface area contributed by atoms with Crippen molar-refractivity contribution in [3.8, 4) is 5.75 Å². The number of nitrogens with zero attached hydrogens (tertiary/aromatic N) is 2. The van der Waals surface area contributed by atoms with Gasteiger partial charge in [-0.05, 0) is 44.2 Å². The molecular weight excluding hydrogens is 447 g/mol. The normalized spacial score (nSPS) is 19.8. The fraction of sp³-hybridized carbons (Fsp3) is 0.391. The summed E-state index contributed by atoms with van der Waals surface area (Å²) >= 11 is 0. The van der Waals surface area contributed by atoms with Crippen molar-refractivity contribution in [2.45, 2.75) is 51.1 Å². The molecule has 0 bridgehead atoms. The lowest BCUT2D eigenvalue weighted by Gasteiger charge is -2.47. The van der Waals surface area contributed by atoms with E-state index in [0.29, 0.717) is 17.1 Å². The number of H-pyrrole nitrogens is 1. The number of aromatic amines is 1. The molecule has 0 radical (unpaired) electrons. The van der Waals surface area contributed by atoms with Crippen LogP contribution in [0.3, 0.4) is 0 Å². The summed E-state index contributed by atoms with van der Waals surface area (Å²) in [5.41, 5.74) is 3.52. The Hall–Kier alpha value is -2.98. The van der Waals surface area contributed by atoms with Crippen LogP contribution in [-0.2, 0) is 21.2 Å². The second-order valence-corrected chi connectivity index (χ2v) is 11.1. The summed E-state index contributed by atoms with van der Waals surface area (Å²) in [7, 11) is -3.70. The molecule has 4 rings (SSSR count). The monoisotopic (exact) mass is 474 g/mol. The molecule has 8 nitrogen and oxygen atoms in total. The van der Waals surface area contributed by atoms with Crippen molar-refractivity contribution in [1.82, 2.24) is 20.4 Å². The number of fused-ring (bicyclic) bond motifs is 2. The van der Waals surface area contributed by atoms with E-state index in [1.165, 1.54) is 30.1 Å². The van der Waals surface area contributed by atoms with Crippen LogP contribution >= 0.6 is 0 Å². The summed E-state index contributed by atoms with van der Waals surface area (Å²) in [4.78, 5) is 20.0. The zero-order valence-electron chi connectivity index (χ0n) is 18.9. The van der Waals surface area contributed by atoms with Crippen LogP contribution in [0.5, 0.6) is 5.75 Å². The van der Waals surface area contributed by atoms with E-state index < -0.39 is 32.5 Å². The summed E-state index contributed by atoms with van der Waals surface area (Å²) in [6.07, 6.45) is 0. The number of hydrazine groups is 1. The minimum absolute atomic E-state index is 0.0701. The van der Waals surface area contributed by atoms with Crippen LogP contribution in [0.15, 0.2) is 42.5 Å². The molecule has 33 heavy (non-hydrogen) atoms. The van der Waals surface area contributed by atoms with E-state index in [0.717, 1.165) is 11.0 Å². The van der Waals surface area contributed by atoms with Gasteiger partial charge in [0, 0.05) is 18.2 Å². The number of sulfone groups is 1. The molecule has 2 N–H and O–H groups in total. The SMILES string of the molecule is CCS(=O)(=O)C1C(N(Cc2nc3ccccc3[nH]2)NC(C)=O)c2cc(F)ccc2OC1(C)C. The molecule has 10 heteroatoms. The number of aromatic nitrogens is 2. The van der Waals surface area contributed by atoms with Gasteiger partial charge < -0.3 is 9.72 Å². The molecule has 2 atom stereocenters. The lowest BCUT2D eigenvalue weighted by molar-refractivity contribution is -0.126. The Kier molecular flexibility index (Phi) is 5.92. The third-order valence-electron chi connectivity index (χ3n) is 5.82. The molecule has 176 valence electrons. The van der Waals surface area contributed by atoms with Crippen molar-refractivity contribution in [2.24, 2.45) is 0 Å². The van der Waals surface area contributed by atoms with E-state index in [4.69, 9.17) is 4.74 Å². The maximum atomic E-state index is 14.3. The average molecular weight is 475 g/mol. The Labute approximate surface area is 192 Å². The lowest BCUT2D eigenvalue weighted by Crippen LogP contribution is -2.60. The summed E-state index contributed by atoms with van der Waals surface area (Å²) in [6, 6.07) is 10.6. The van der Waals surface area contributed by atoms with Crippen LogP contribution in [0, 0.1) is 5.82 Å². The van der Waals surface area contributed by atoms with E-state index in [1.807, 2.05) is 24.3 Å². The molecule has 1 aliphatic heterocycles. The molecule has 1 amide bonds. The Balaban J connectivity index is 1.88. The predicted molar refractivity (Wildman–Crippen MR) is 123 cm³/mol. The Morgan fingerprint density at radius 2 is 2.00 bits per heavy atom. The van der Waals surface area contributed by atoms with Gasteiger partial charge in [-0.15, -0.1) is 0 Å². The van der Waals surface area contributed by atoms with Gasteiger partial charge in [0.25, 0.3) is 0 Å². The Bertz CT molecular complexity index is 1270. The first-order chi connectivity index (χ1) is 15.5. The molecular formula is C23H27FN4O4S. The van der Waals surface area contributed by atoms with Crippen molar-refractivity contribution in [3.63, 3.8) is 0 Å². The summed E-state index contributed by atoms with van der Waals surface area (Å²) in [5, 5.41) is 0.432. The van der Waals surface area contributed by atoms with Crippen molar-refractivity contribution in [3.05, 3.63) is 59.7 Å². The Morgan fingerprint density at radius 1 is 1.27 bits per heavy atom. The molecule has 1 aromatic heterocycles. The number of hydrogen-bond acceptors (Lipinski definition) is 6. The van der Waals surface area contributed by atoms with Gasteiger partial charge in [0.15, 0.2) is 9.84 Å². The molecule has 1 aliphatic rings. The molecule has 0 spiro atoms. The lowest BCUT2D eigenvalue weighted by atomic mass is 9.88. The zero-order valence-corrected chi connectivity index (χ0v) is 19.7. The molecule has 2 heterocycles. The van der Waals surface area contributed by atoms with Crippen LogP contribution in [0.25, 0.3) is 11.0 Å². The third-order valence-corrected chi connectivity index (χ3v) is 8.22. The smallest absolute Gasteiger partial charge is 0.231 e. The van der Waals surface area contributed by atoms with Crippen LogP contribution in [0.1, 0.15) is 45.1 Å². The number of rotatable bonds is 6. The van der Waals surface area contributed by atoms with Gasteiger partial charge in [0.05, 0.1) is 23.6 Å². The second-order valence-electron chi connectivity index (χ2n) is 8.70. The fourth-order valence-corrected chi connectivity index (χ4v) is 6.48. The number of ether oxygens (including phenoxy) is 1. The molecule has 3 aromatic rings. The number of hydrogen-bond donors (Lipinski definition) is 2. The van der Waals surface area contributed by atoms with Crippen LogP contribution < -0.4 is 10.2 Å². The number of benzene rings is 2. The molecule has 0 fully saturated rings. The van der Waals surface area contributed by atoms with Gasteiger partial charge in [-0.2, -0.15) is 0 Å². The predicted octanol–water partition coefficient (Wildman–Crippen LogP) is 3.27. The maximum Gasteiger partial charge on any atom is 0.231 e. The molecule has 0 saturated heterocycles. The summed E-state index contributed by atoms with van der Waals surface area (Å²) < 4.78 is 47.0. The van der Waals surface area contributed by atoms with Crippen LogP contribution in [0.2, 0.25) is 0 Å². The third kappa shape index (κ3) is 4.45. The van der Waals surface area contributed by atoms with Crippen molar-refractivity contribution in [2.75, 3.05) is 5.75 Å². The van der Waals surface area contributed by atoms with Gasteiger partial charge in [0.1, 0.15) is 28.2 Å². The van der Waals surface area contributed by atoms with E-state index in [1.54, 1.807) is 20.8 Å². The summed E-state index contributed by atoms with van der Waals surface area (Å²) in [5.74, 6) is -0.152. The highest BCUT2D eigenvalue weighted by Gasteiger charge is 2.53. The van der Waals surface area contributed by atoms with Crippen molar-refractivity contribution in [1.29, 1.82) is 0 Å². The van der Waals surface area contributed by atoms with Gasteiger partial charge in [-0.25, -0.2) is 22.8 Å². The highest BCUT2D eigenvalue weighted by molar-refractivity contribution is 7.92. The van der Waals surface area contributed by atoms with Gasteiger partial charge in [0.2, 0.25) is 5.91 Å². The first kappa shape index (κ1) is 23.2. The fourth-order valence-electron chi connectivity index (χ4n) is 4.52. The zero-order chi connectivity index (χ0) is 24.0.